The van der Waals surface area contributed by atoms with Crippen molar-refractivity contribution in [1.82, 2.24) is 9.80 Å². The van der Waals surface area contributed by atoms with Crippen molar-refractivity contribution >= 4 is 17.7 Å². The molecule has 5 nitrogen and oxygen atoms in total. The van der Waals surface area contributed by atoms with Crippen molar-refractivity contribution in [3.8, 4) is 11.5 Å². The highest BCUT2D eigenvalue weighted by Gasteiger charge is 2.35. The van der Waals surface area contributed by atoms with Gasteiger partial charge in [-0.3, -0.25) is 9.69 Å². The van der Waals surface area contributed by atoms with Gasteiger partial charge in [0.2, 0.25) is 5.91 Å². The monoisotopic (exact) mass is 468 g/mol. The number of piperidine rings is 1. The van der Waals surface area contributed by atoms with Gasteiger partial charge in [-0.15, -0.1) is 0 Å². The molecule has 0 N–H and O–H groups in total. The van der Waals surface area contributed by atoms with Gasteiger partial charge in [-0.05, 0) is 47.6 Å². The van der Waals surface area contributed by atoms with Gasteiger partial charge in [-0.2, -0.15) is 11.8 Å². The van der Waals surface area contributed by atoms with Crippen LogP contribution in [-0.4, -0.2) is 67.6 Å². The maximum atomic E-state index is 13.5. The molecule has 4 rings (SSSR count). The molecule has 2 aliphatic heterocycles. The number of carbonyl (C=O) groups excluding carboxylic acids is 1. The van der Waals surface area contributed by atoms with E-state index in [-0.39, 0.29) is 5.92 Å². The molecule has 33 heavy (non-hydrogen) atoms. The third-order valence-corrected chi connectivity index (χ3v) is 7.82. The lowest BCUT2D eigenvalue weighted by atomic mass is 9.83. The Hall–Kier alpha value is -2.18. The van der Waals surface area contributed by atoms with Crippen LogP contribution in [0.1, 0.15) is 36.0 Å². The second-order valence-electron chi connectivity index (χ2n) is 9.08. The molecule has 2 aliphatic rings. The Balaban J connectivity index is 1.56. The normalized spacial score (nSPS) is 21.6. The highest BCUT2D eigenvalue weighted by atomic mass is 32.2. The molecule has 1 amide bonds. The SMILES string of the molecule is CCc1ccc(C2CC(C(=O)N3CCSCC3)CN(Cc3cc(OC)cc(OC)c3)C2)cc1. The first-order valence-electron chi connectivity index (χ1n) is 12.0. The number of amides is 1. The van der Waals surface area contributed by atoms with Gasteiger partial charge in [0.05, 0.1) is 20.1 Å². The first-order chi connectivity index (χ1) is 16.1. The van der Waals surface area contributed by atoms with E-state index < -0.39 is 0 Å². The van der Waals surface area contributed by atoms with Gasteiger partial charge >= 0.3 is 0 Å². The number of thioether (sulfide) groups is 1. The molecule has 0 aliphatic carbocycles. The molecule has 2 unspecified atom stereocenters. The van der Waals surface area contributed by atoms with Crippen molar-refractivity contribution in [1.29, 1.82) is 0 Å². The lowest BCUT2D eigenvalue weighted by molar-refractivity contribution is -0.137. The van der Waals surface area contributed by atoms with Crippen LogP contribution in [0.15, 0.2) is 42.5 Å². The summed E-state index contributed by atoms with van der Waals surface area (Å²) in [5.41, 5.74) is 3.84. The number of hydrogen-bond acceptors (Lipinski definition) is 5. The highest BCUT2D eigenvalue weighted by Crippen LogP contribution is 2.33. The number of ether oxygens (including phenoxy) is 2. The number of nitrogens with zero attached hydrogens (tertiary/aromatic N) is 2. The van der Waals surface area contributed by atoms with Gasteiger partial charge < -0.3 is 14.4 Å². The average Bonchev–Trinajstić information content (AvgIpc) is 2.88. The van der Waals surface area contributed by atoms with Crippen LogP contribution in [0.3, 0.4) is 0 Å². The number of carbonyl (C=O) groups is 1. The Bertz CT molecular complexity index is 905. The van der Waals surface area contributed by atoms with Crippen LogP contribution in [0.25, 0.3) is 0 Å². The Morgan fingerprint density at radius 3 is 2.24 bits per heavy atom. The lowest BCUT2D eigenvalue weighted by Gasteiger charge is -2.40. The smallest absolute Gasteiger partial charge is 0.227 e. The molecule has 2 fully saturated rings. The number of likely N-dealkylation sites (tertiary alicyclic amines) is 1. The minimum atomic E-state index is 0.0326. The van der Waals surface area contributed by atoms with E-state index in [9.17, 15) is 4.79 Å². The van der Waals surface area contributed by atoms with Gasteiger partial charge in [0, 0.05) is 50.3 Å². The number of methoxy groups -OCH3 is 2. The van der Waals surface area contributed by atoms with Crippen LogP contribution in [0.4, 0.5) is 0 Å². The topological polar surface area (TPSA) is 42.0 Å². The molecule has 0 radical (unpaired) electrons. The maximum absolute atomic E-state index is 13.5. The predicted octanol–water partition coefficient (Wildman–Crippen LogP) is 4.45. The summed E-state index contributed by atoms with van der Waals surface area (Å²) < 4.78 is 11.0. The largest absolute Gasteiger partial charge is 0.497 e. The summed E-state index contributed by atoms with van der Waals surface area (Å²) in [7, 11) is 3.36. The predicted molar refractivity (Wildman–Crippen MR) is 135 cm³/mol. The highest BCUT2D eigenvalue weighted by molar-refractivity contribution is 7.99. The van der Waals surface area contributed by atoms with E-state index in [1.807, 2.05) is 17.8 Å². The molecule has 178 valence electrons. The number of hydrogen-bond donors (Lipinski definition) is 0. The molecular formula is C27H36N2O3S. The zero-order valence-electron chi connectivity index (χ0n) is 20.1. The van der Waals surface area contributed by atoms with E-state index >= 15 is 0 Å². The fraction of sp³-hybridized carbons (Fsp3) is 0.519. The van der Waals surface area contributed by atoms with Crippen LogP contribution >= 0.6 is 11.8 Å². The lowest BCUT2D eigenvalue weighted by Crippen LogP contribution is -2.48. The molecule has 2 atom stereocenters. The summed E-state index contributed by atoms with van der Waals surface area (Å²) in [6.45, 7) is 6.46. The van der Waals surface area contributed by atoms with E-state index in [1.165, 1.54) is 11.1 Å². The van der Waals surface area contributed by atoms with Crippen LogP contribution in [-0.2, 0) is 17.8 Å². The van der Waals surface area contributed by atoms with Gasteiger partial charge in [-0.25, -0.2) is 0 Å². The van der Waals surface area contributed by atoms with Crippen molar-refractivity contribution in [2.24, 2.45) is 5.92 Å². The molecule has 0 aromatic heterocycles. The Kier molecular flexibility index (Phi) is 8.20. The van der Waals surface area contributed by atoms with E-state index in [1.54, 1.807) is 14.2 Å². The van der Waals surface area contributed by atoms with E-state index in [0.717, 1.165) is 74.1 Å². The fourth-order valence-electron chi connectivity index (χ4n) is 5.02. The van der Waals surface area contributed by atoms with E-state index in [4.69, 9.17) is 9.47 Å². The average molecular weight is 469 g/mol. The molecule has 0 bridgehead atoms. The number of aryl methyl sites for hydroxylation is 1. The maximum Gasteiger partial charge on any atom is 0.227 e. The molecule has 2 aromatic carbocycles. The van der Waals surface area contributed by atoms with E-state index in [2.05, 4.69) is 53.1 Å². The zero-order valence-corrected chi connectivity index (χ0v) is 20.9. The summed E-state index contributed by atoms with van der Waals surface area (Å²) in [6.07, 6.45) is 1.97. The van der Waals surface area contributed by atoms with Crippen molar-refractivity contribution in [2.75, 3.05) is 51.9 Å². The van der Waals surface area contributed by atoms with Gasteiger partial charge in [0.25, 0.3) is 0 Å². The van der Waals surface area contributed by atoms with E-state index in [0.29, 0.717) is 11.8 Å². The molecule has 0 saturated carbocycles. The Morgan fingerprint density at radius 1 is 0.970 bits per heavy atom. The second-order valence-corrected chi connectivity index (χ2v) is 10.3. The molecule has 6 heteroatoms. The summed E-state index contributed by atoms with van der Waals surface area (Å²) >= 11 is 1.94. The summed E-state index contributed by atoms with van der Waals surface area (Å²) in [6, 6.07) is 15.0. The molecule has 2 saturated heterocycles. The van der Waals surface area contributed by atoms with Crippen molar-refractivity contribution in [3.05, 3.63) is 59.2 Å². The Labute approximate surface area is 202 Å². The summed E-state index contributed by atoms with van der Waals surface area (Å²) in [5, 5.41) is 0. The third kappa shape index (κ3) is 6.04. The zero-order chi connectivity index (χ0) is 23.2. The number of rotatable bonds is 7. The molecule has 2 aromatic rings. The minimum Gasteiger partial charge on any atom is -0.497 e. The summed E-state index contributed by atoms with van der Waals surface area (Å²) in [5.74, 6) is 4.41. The van der Waals surface area contributed by atoms with Crippen LogP contribution in [0.2, 0.25) is 0 Å². The summed E-state index contributed by atoms with van der Waals surface area (Å²) in [4.78, 5) is 18.0. The quantitative estimate of drug-likeness (QED) is 0.601. The van der Waals surface area contributed by atoms with Crippen molar-refractivity contribution in [3.63, 3.8) is 0 Å². The standard InChI is InChI=1S/C27H36N2O3S/c1-4-20-5-7-22(8-6-20)23-15-24(27(30)29-9-11-33-12-10-29)19-28(18-23)17-21-13-25(31-2)16-26(14-21)32-3/h5-8,13-14,16,23-24H,4,9-12,15,17-19H2,1-3H3. The van der Waals surface area contributed by atoms with Crippen molar-refractivity contribution < 1.29 is 14.3 Å². The molecular weight excluding hydrogens is 432 g/mol. The first kappa shape index (κ1) is 24.0. The van der Waals surface area contributed by atoms with Gasteiger partial charge in [0.15, 0.2) is 0 Å². The van der Waals surface area contributed by atoms with Gasteiger partial charge in [0.1, 0.15) is 11.5 Å². The first-order valence-corrected chi connectivity index (χ1v) is 13.1. The molecule has 0 spiro atoms. The van der Waals surface area contributed by atoms with Crippen molar-refractivity contribution in [2.45, 2.75) is 32.2 Å². The third-order valence-electron chi connectivity index (χ3n) is 6.87. The Morgan fingerprint density at radius 2 is 1.64 bits per heavy atom. The van der Waals surface area contributed by atoms with Crippen LogP contribution in [0.5, 0.6) is 11.5 Å². The second kappa shape index (κ2) is 11.3. The van der Waals surface area contributed by atoms with Crippen LogP contribution in [0, 0.1) is 5.92 Å². The fourth-order valence-corrected chi connectivity index (χ4v) is 5.93. The van der Waals surface area contributed by atoms with Crippen LogP contribution < -0.4 is 9.47 Å². The molecule has 2 heterocycles. The van der Waals surface area contributed by atoms with Gasteiger partial charge in [-0.1, -0.05) is 31.2 Å². The number of benzene rings is 2. The minimum absolute atomic E-state index is 0.0326.